The molecule has 3 heteroatoms. The van der Waals surface area contributed by atoms with Crippen LogP contribution < -0.4 is 10.6 Å². The average molecular weight is 248 g/mol. The third-order valence-corrected chi connectivity index (χ3v) is 2.97. The Balaban J connectivity index is 2.72. The van der Waals surface area contributed by atoms with Gasteiger partial charge in [-0.1, -0.05) is 26.0 Å². The van der Waals surface area contributed by atoms with Gasteiger partial charge in [0.25, 0.3) is 0 Å². The minimum atomic E-state index is -0.239. The number of carbonyl (C=O) groups is 1. The van der Waals surface area contributed by atoms with Gasteiger partial charge in [0.05, 0.1) is 0 Å². The van der Waals surface area contributed by atoms with Crippen LogP contribution in [0.5, 0.6) is 0 Å². The SMILES string of the molecule is Cc1cccc(N(CCC(N)=O)CCC(C)C)c1. The molecule has 1 rings (SSSR count). The molecule has 0 aliphatic rings. The molecule has 0 aliphatic heterocycles. The molecular weight excluding hydrogens is 224 g/mol. The van der Waals surface area contributed by atoms with E-state index in [4.69, 9.17) is 5.73 Å². The number of primary amides is 1. The Labute approximate surface area is 110 Å². The van der Waals surface area contributed by atoms with Gasteiger partial charge in [-0.3, -0.25) is 4.79 Å². The number of amides is 1. The molecule has 100 valence electrons. The number of anilines is 1. The Hall–Kier alpha value is -1.51. The molecule has 0 atom stereocenters. The standard InChI is InChI=1S/C15H24N2O/c1-12(2)7-9-17(10-8-15(16)18)14-6-4-5-13(3)11-14/h4-6,11-12H,7-10H2,1-3H3,(H2,16,18). The summed E-state index contributed by atoms with van der Waals surface area (Å²) in [5.74, 6) is 0.420. The molecule has 0 unspecified atom stereocenters. The summed E-state index contributed by atoms with van der Waals surface area (Å²) in [6.45, 7) is 8.17. The van der Waals surface area contributed by atoms with Crippen LogP contribution in [-0.2, 0) is 4.79 Å². The van der Waals surface area contributed by atoms with Crippen LogP contribution in [0.3, 0.4) is 0 Å². The van der Waals surface area contributed by atoms with Gasteiger partial charge in [-0.25, -0.2) is 0 Å². The number of benzene rings is 1. The topological polar surface area (TPSA) is 46.3 Å². The summed E-state index contributed by atoms with van der Waals surface area (Å²) < 4.78 is 0. The molecule has 2 N–H and O–H groups in total. The van der Waals surface area contributed by atoms with E-state index in [9.17, 15) is 4.79 Å². The maximum atomic E-state index is 10.9. The van der Waals surface area contributed by atoms with Crippen molar-refractivity contribution in [2.75, 3.05) is 18.0 Å². The summed E-state index contributed by atoms with van der Waals surface area (Å²) in [5.41, 5.74) is 7.65. The summed E-state index contributed by atoms with van der Waals surface area (Å²) in [7, 11) is 0. The third-order valence-electron chi connectivity index (χ3n) is 2.97. The first-order valence-corrected chi connectivity index (χ1v) is 6.59. The van der Waals surface area contributed by atoms with E-state index in [1.165, 1.54) is 11.3 Å². The van der Waals surface area contributed by atoms with Gasteiger partial charge in [0, 0.05) is 25.2 Å². The van der Waals surface area contributed by atoms with Crippen molar-refractivity contribution < 1.29 is 4.79 Å². The molecule has 0 aromatic heterocycles. The fourth-order valence-electron chi connectivity index (χ4n) is 1.85. The number of rotatable bonds is 7. The number of aryl methyl sites for hydroxylation is 1. The van der Waals surface area contributed by atoms with E-state index in [1.54, 1.807) is 0 Å². The molecule has 0 radical (unpaired) electrons. The van der Waals surface area contributed by atoms with E-state index >= 15 is 0 Å². The summed E-state index contributed by atoms with van der Waals surface area (Å²) in [4.78, 5) is 13.2. The predicted octanol–water partition coefficient (Wildman–Crippen LogP) is 2.72. The highest BCUT2D eigenvalue weighted by Crippen LogP contribution is 2.17. The second-order valence-corrected chi connectivity index (χ2v) is 5.22. The summed E-state index contributed by atoms with van der Waals surface area (Å²) in [6, 6.07) is 8.38. The Morgan fingerprint density at radius 3 is 2.61 bits per heavy atom. The van der Waals surface area contributed by atoms with E-state index in [-0.39, 0.29) is 5.91 Å². The fourth-order valence-corrected chi connectivity index (χ4v) is 1.85. The molecule has 18 heavy (non-hydrogen) atoms. The normalized spacial score (nSPS) is 10.7. The molecule has 1 aromatic carbocycles. The van der Waals surface area contributed by atoms with Gasteiger partial charge in [0.15, 0.2) is 0 Å². The molecule has 1 amide bonds. The molecule has 3 nitrogen and oxygen atoms in total. The maximum absolute atomic E-state index is 10.9. The molecule has 0 heterocycles. The van der Waals surface area contributed by atoms with Crippen molar-refractivity contribution in [3.63, 3.8) is 0 Å². The Kier molecular flexibility index (Phi) is 5.69. The first-order valence-electron chi connectivity index (χ1n) is 6.59. The van der Waals surface area contributed by atoms with Crippen molar-refractivity contribution in [3.05, 3.63) is 29.8 Å². The zero-order valence-electron chi connectivity index (χ0n) is 11.6. The molecule has 0 saturated heterocycles. The Morgan fingerprint density at radius 2 is 2.06 bits per heavy atom. The molecule has 0 fully saturated rings. The zero-order valence-corrected chi connectivity index (χ0v) is 11.6. The summed E-state index contributed by atoms with van der Waals surface area (Å²) in [5, 5.41) is 0. The van der Waals surface area contributed by atoms with E-state index in [2.05, 4.69) is 49.9 Å². The third kappa shape index (κ3) is 5.21. The van der Waals surface area contributed by atoms with Crippen LogP contribution in [0, 0.1) is 12.8 Å². The van der Waals surface area contributed by atoms with E-state index < -0.39 is 0 Å². The average Bonchev–Trinajstić information content (AvgIpc) is 2.28. The largest absolute Gasteiger partial charge is 0.371 e. The lowest BCUT2D eigenvalue weighted by atomic mass is 10.1. The molecule has 0 aliphatic carbocycles. The van der Waals surface area contributed by atoms with Crippen molar-refractivity contribution in [3.8, 4) is 0 Å². The lowest BCUT2D eigenvalue weighted by molar-refractivity contribution is -0.117. The number of carbonyl (C=O) groups excluding carboxylic acids is 1. The van der Waals surface area contributed by atoms with Crippen molar-refractivity contribution in [1.29, 1.82) is 0 Å². The minimum Gasteiger partial charge on any atom is -0.371 e. The Bertz CT molecular complexity index is 388. The van der Waals surface area contributed by atoms with Crippen LogP contribution in [0.4, 0.5) is 5.69 Å². The van der Waals surface area contributed by atoms with Gasteiger partial charge in [0.1, 0.15) is 0 Å². The van der Waals surface area contributed by atoms with Gasteiger partial charge >= 0.3 is 0 Å². The highest BCUT2D eigenvalue weighted by Gasteiger charge is 2.09. The van der Waals surface area contributed by atoms with Crippen LogP contribution in [-0.4, -0.2) is 19.0 Å². The number of nitrogens with zero attached hydrogens (tertiary/aromatic N) is 1. The minimum absolute atomic E-state index is 0.239. The number of nitrogens with two attached hydrogens (primary N) is 1. The predicted molar refractivity (Wildman–Crippen MR) is 76.7 cm³/mol. The lowest BCUT2D eigenvalue weighted by Gasteiger charge is -2.25. The molecule has 0 spiro atoms. The monoisotopic (exact) mass is 248 g/mol. The summed E-state index contributed by atoms with van der Waals surface area (Å²) >= 11 is 0. The van der Waals surface area contributed by atoms with E-state index in [0.717, 1.165) is 13.0 Å². The fraction of sp³-hybridized carbons (Fsp3) is 0.533. The first-order chi connectivity index (χ1) is 8.49. The van der Waals surface area contributed by atoms with Crippen LogP contribution in [0.25, 0.3) is 0 Å². The zero-order chi connectivity index (χ0) is 13.5. The van der Waals surface area contributed by atoms with Crippen LogP contribution >= 0.6 is 0 Å². The van der Waals surface area contributed by atoms with Gasteiger partial charge < -0.3 is 10.6 Å². The highest BCUT2D eigenvalue weighted by molar-refractivity contribution is 5.74. The van der Waals surface area contributed by atoms with E-state index in [1.807, 2.05) is 0 Å². The van der Waals surface area contributed by atoms with Crippen LogP contribution in [0.2, 0.25) is 0 Å². The van der Waals surface area contributed by atoms with Crippen molar-refractivity contribution in [2.24, 2.45) is 11.7 Å². The van der Waals surface area contributed by atoms with Crippen LogP contribution in [0.15, 0.2) is 24.3 Å². The first kappa shape index (κ1) is 14.6. The molecule has 0 bridgehead atoms. The summed E-state index contributed by atoms with van der Waals surface area (Å²) in [6.07, 6.45) is 1.53. The van der Waals surface area contributed by atoms with Gasteiger partial charge in [0.2, 0.25) is 5.91 Å². The van der Waals surface area contributed by atoms with Crippen LogP contribution in [0.1, 0.15) is 32.3 Å². The number of hydrogen-bond donors (Lipinski definition) is 1. The highest BCUT2D eigenvalue weighted by atomic mass is 16.1. The van der Waals surface area contributed by atoms with Gasteiger partial charge in [-0.05, 0) is 37.0 Å². The lowest BCUT2D eigenvalue weighted by Crippen LogP contribution is -2.29. The van der Waals surface area contributed by atoms with Crippen molar-refractivity contribution in [1.82, 2.24) is 0 Å². The van der Waals surface area contributed by atoms with Crippen molar-refractivity contribution in [2.45, 2.75) is 33.6 Å². The van der Waals surface area contributed by atoms with Gasteiger partial charge in [-0.15, -0.1) is 0 Å². The van der Waals surface area contributed by atoms with E-state index in [0.29, 0.717) is 18.9 Å². The smallest absolute Gasteiger partial charge is 0.219 e. The second kappa shape index (κ2) is 7.04. The quantitative estimate of drug-likeness (QED) is 0.806. The van der Waals surface area contributed by atoms with Gasteiger partial charge in [-0.2, -0.15) is 0 Å². The van der Waals surface area contributed by atoms with Crippen molar-refractivity contribution >= 4 is 11.6 Å². The number of hydrogen-bond acceptors (Lipinski definition) is 2. The maximum Gasteiger partial charge on any atom is 0.219 e. The second-order valence-electron chi connectivity index (χ2n) is 5.22. The molecular formula is C15H24N2O. The molecule has 0 saturated carbocycles. The Morgan fingerprint density at radius 1 is 1.33 bits per heavy atom. The molecule has 1 aromatic rings.